The lowest BCUT2D eigenvalue weighted by atomic mass is 10.1. The Morgan fingerprint density at radius 2 is 1.90 bits per heavy atom. The number of H-pyrrole nitrogens is 1. The van der Waals surface area contributed by atoms with E-state index in [9.17, 15) is 9.90 Å². The molecule has 0 bridgehead atoms. The molecule has 5 nitrogen and oxygen atoms in total. The van der Waals surface area contributed by atoms with Crippen LogP contribution in [0.3, 0.4) is 0 Å². The number of benzene rings is 2. The molecule has 1 aromatic heterocycles. The number of aromatic nitrogens is 1. The highest BCUT2D eigenvalue weighted by Gasteiger charge is 2.14. The third-order valence-corrected chi connectivity index (χ3v) is 5.41. The van der Waals surface area contributed by atoms with Crippen LogP contribution >= 0.6 is 12.2 Å². The number of para-hydroxylation sites is 1. The van der Waals surface area contributed by atoms with Crippen LogP contribution in [0.5, 0.6) is 0 Å². The second-order valence-corrected chi connectivity index (χ2v) is 7.37. The highest BCUT2D eigenvalue weighted by molar-refractivity contribution is 7.80. The Labute approximate surface area is 176 Å². The Kier molecular flexibility index (Phi) is 7.01. The monoisotopic (exact) mass is 409 g/mol. The number of aryl methyl sites for hydroxylation is 2. The second kappa shape index (κ2) is 9.67. The van der Waals surface area contributed by atoms with Gasteiger partial charge in [-0.1, -0.05) is 38.1 Å². The summed E-state index contributed by atoms with van der Waals surface area (Å²) in [5, 5.41) is 14.3. The molecule has 0 spiro atoms. The summed E-state index contributed by atoms with van der Waals surface area (Å²) in [5.74, 6) is 0. The Morgan fingerprint density at radius 1 is 1.10 bits per heavy atom. The topological polar surface area (TPSA) is 68.4 Å². The largest absolute Gasteiger partial charge is 0.395 e. The van der Waals surface area contributed by atoms with E-state index < -0.39 is 0 Å². The average molecular weight is 410 g/mol. The third kappa shape index (κ3) is 5.02. The molecule has 0 aliphatic carbocycles. The van der Waals surface area contributed by atoms with Crippen molar-refractivity contribution in [3.63, 3.8) is 0 Å². The predicted octanol–water partition coefficient (Wildman–Crippen LogP) is 3.84. The maximum atomic E-state index is 12.6. The Morgan fingerprint density at radius 3 is 2.62 bits per heavy atom. The molecule has 3 N–H and O–H groups in total. The number of nitrogens with zero attached hydrogens (tertiary/aromatic N) is 1. The van der Waals surface area contributed by atoms with Crippen LogP contribution in [0.4, 0.5) is 5.69 Å². The first-order chi connectivity index (χ1) is 14.0. The minimum absolute atomic E-state index is 0.0529. The fourth-order valence-corrected chi connectivity index (χ4v) is 3.63. The Bertz CT molecular complexity index is 1060. The van der Waals surface area contributed by atoms with Crippen molar-refractivity contribution in [2.24, 2.45) is 0 Å². The number of thiocarbonyl (C=S) groups is 1. The van der Waals surface area contributed by atoms with Crippen LogP contribution in [-0.4, -0.2) is 33.3 Å². The molecular weight excluding hydrogens is 382 g/mol. The van der Waals surface area contributed by atoms with Gasteiger partial charge in [0.05, 0.1) is 13.2 Å². The predicted molar refractivity (Wildman–Crippen MR) is 123 cm³/mol. The first kappa shape index (κ1) is 21.0. The van der Waals surface area contributed by atoms with E-state index in [0.29, 0.717) is 23.8 Å². The number of aliphatic hydroxyl groups excluding tert-OH is 1. The van der Waals surface area contributed by atoms with Crippen molar-refractivity contribution < 1.29 is 5.11 Å². The van der Waals surface area contributed by atoms with Gasteiger partial charge in [-0.05, 0) is 65.8 Å². The minimum atomic E-state index is -0.138. The zero-order valence-corrected chi connectivity index (χ0v) is 17.7. The van der Waals surface area contributed by atoms with Gasteiger partial charge >= 0.3 is 0 Å². The van der Waals surface area contributed by atoms with Crippen molar-refractivity contribution in [2.75, 3.05) is 18.5 Å². The zero-order valence-electron chi connectivity index (χ0n) is 16.9. The standard InChI is InChI=1S/C23H27N3O2S/c1-3-16-9-10-21-18(13-16)14-19(22(28)24-21)15-26(11-12-27)23(29)25-20-8-6-5-7-17(20)4-2/h5-10,13-14,27H,3-4,11-12,15H2,1-2H3,(H,24,28)(H,25,29). The Hall–Kier alpha value is -2.70. The SMILES string of the molecule is CCc1ccc2[nH]c(=O)c(CN(CCO)C(=S)Nc3ccccc3CC)cc2c1. The summed E-state index contributed by atoms with van der Waals surface area (Å²) >= 11 is 5.60. The molecule has 0 aliphatic rings. The first-order valence-electron chi connectivity index (χ1n) is 9.95. The molecular formula is C23H27N3O2S. The lowest BCUT2D eigenvalue weighted by molar-refractivity contribution is 0.248. The lowest BCUT2D eigenvalue weighted by Crippen LogP contribution is -2.38. The molecule has 6 heteroatoms. The third-order valence-electron chi connectivity index (χ3n) is 5.05. The summed E-state index contributed by atoms with van der Waals surface area (Å²) in [6, 6.07) is 16.0. The highest BCUT2D eigenvalue weighted by Crippen LogP contribution is 2.18. The van der Waals surface area contributed by atoms with Gasteiger partial charge < -0.3 is 20.3 Å². The number of nitrogens with one attached hydrogen (secondary N) is 2. The quantitative estimate of drug-likeness (QED) is 0.517. The lowest BCUT2D eigenvalue weighted by Gasteiger charge is -2.25. The minimum Gasteiger partial charge on any atom is -0.395 e. The summed E-state index contributed by atoms with van der Waals surface area (Å²) in [6.07, 6.45) is 1.82. The van der Waals surface area contributed by atoms with Crippen LogP contribution in [0, 0.1) is 0 Å². The fourth-order valence-electron chi connectivity index (χ4n) is 3.36. The van der Waals surface area contributed by atoms with Crippen molar-refractivity contribution in [2.45, 2.75) is 33.2 Å². The van der Waals surface area contributed by atoms with Gasteiger partial charge in [0, 0.05) is 23.3 Å². The highest BCUT2D eigenvalue weighted by atomic mass is 32.1. The number of fused-ring (bicyclic) bond motifs is 1. The number of rotatable bonds is 7. The van der Waals surface area contributed by atoms with Crippen LogP contribution < -0.4 is 10.9 Å². The van der Waals surface area contributed by atoms with Gasteiger partial charge in [0.1, 0.15) is 0 Å². The Balaban J connectivity index is 1.87. The van der Waals surface area contributed by atoms with Gasteiger partial charge in [-0.3, -0.25) is 4.79 Å². The van der Waals surface area contributed by atoms with Gasteiger partial charge in [0.25, 0.3) is 5.56 Å². The van der Waals surface area contributed by atoms with Gasteiger partial charge in [-0.15, -0.1) is 0 Å². The molecule has 0 aliphatic heterocycles. The number of aliphatic hydroxyl groups is 1. The maximum Gasteiger partial charge on any atom is 0.253 e. The van der Waals surface area contributed by atoms with Crippen LogP contribution in [0.15, 0.2) is 53.3 Å². The average Bonchev–Trinajstić information content (AvgIpc) is 2.73. The van der Waals surface area contributed by atoms with E-state index in [1.54, 1.807) is 0 Å². The molecule has 0 unspecified atom stereocenters. The molecule has 0 radical (unpaired) electrons. The van der Waals surface area contributed by atoms with E-state index in [1.165, 1.54) is 5.56 Å². The maximum absolute atomic E-state index is 12.6. The molecule has 0 saturated carbocycles. The summed E-state index contributed by atoms with van der Waals surface area (Å²) in [5.41, 5.74) is 4.63. The normalized spacial score (nSPS) is 10.9. The van der Waals surface area contributed by atoms with Crippen LogP contribution in [0.1, 0.15) is 30.5 Å². The summed E-state index contributed by atoms with van der Waals surface area (Å²) in [6.45, 7) is 4.81. The molecule has 29 heavy (non-hydrogen) atoms. The zero-order chi connectivity index (χ0) is 20.8. The number of hydrogen-bond donors (Lipinski definition) is 3. The van der Waals surface area contributed by atoms with Crippen LogP contribution in [-0.2, 0) is 19.4 Å². The molecule has 2 aromatic carbocycles. The molecule has 1 heterocycles. The van der Waals surface area contributed by atoms with Crippen molar-refractivity contribution in [3.05, 3.63) is 75.6 Å². The molecule has 0 fully saturated rings. The molecule has 0 atom stereocenters. The second-order valence-electron chi connectivity index (χ2n) is 6.98. The van der Waals surface area contributed by atoms with Crippen molar-refractivity contribution in [1.29, 1.82) is 0 Å². The number of anilines is 1. The van der Waals surface area contributed by atoms with Crippen LogP contribution in [0.2, 0.25) is 0 Å². The van der Waals surface area contributed by atoms with Crippen molar-refractivity contribution in [1.82, 2.24) is 9.88 Å². The van der Waals surface area contributed by atoms with Gasteiger partial charge in [0.2, 0.25) is 0 Å². The van der Waals surface area contributed by atoms with E-state index in [4.69, 9.17) is 12.2 Å². The molecule has 0 amide bonds. The van der Waals surface area contributed by atoms with E-state index >= 15 is 0 Å². The van der Waals surface area contributed by atoms with Crippen LogP contribution in [0.25, 0.3) is 10.9 Å². The van der Waals surface area contributed by atoms with Gasteiger partial charge in [0.15, 0.2) is 5.11 Å². The molecule has 0 saturated heterocycles. The van der Waals surface area contributed by atoms with Crippen molar-refractivity contribution >= 4 is 33.9 Å². The van der Waals surface area contributed by atoms with Gasteiger partial charge in [-0.25, -0.2) is 0 Å². The number of aromatic amines is 1. The van der Waals surface area contributed by atoms with E-state index in [0.717, 1.165) is 35.0 Å². The summed E-state index contributed by atoms with van der Waals surface area (Å²) in [4.78, 5) is 17.4. The smallest absolute Gasteiger partial charge is 0.253 e. The van der Waals surface area contributed by atoms with E-state index in [1.807, 2.05) is 41.3 Å². The van der Waals surface area contributed by atoms with Gasteiger partial charge in [-0.2, -0.15) is 0 Å². The fraction of sp³-hybridized carbons (Fsp3) is 0.304. The first-order valence-corrected chi connectivity index (χ1v) is 10.4. The number of hydrogen-bond acceptors (Lipinski definition) is 3. The summed E-state index contributed by atoms with van der Waals surface area (Å²) in [7, 11) is 0. The molecule has 3 rings (SSSR count). The van der Waals surface area contributed by atoms with Crippen molar-refractivity contribution in [3.8, 4) is 0 Å². The molecule has 152 valence electrons. The van der Waals surface area contributed by atoms with E-state index in [-0.39, 0.29) is 12.2 Å². The summed E-state index contributed by atoms with van der Waals surface area (Å²) < 4.78 is 0. The van der Waals surface area contributed by atoms with E-state index in [2.05, 4.69) is 36.3 Å². The molecule has 3 aromatic rings. The number of pyridine rings is 1.